The van der Waals surface area contributed by atoms with Crippen LogP contribution in [0.5, 0.6) is 0 Å². The zero-order valence-corrected chi connectivity index (χ0v) is 16.8. The molecule has 2 N–H and O–H groups in total. The number of hydrogen-bond donors (Lipinski definition) is 2. The van der Waals surface area contributed by atoms with Crippen molar-refractivity contribution in [2.24, 2.45) is 0 Å². The maximum absolute atomic E-state index is 12.3. The van der Waals surface area contributed by atoms with Crippen molar-refractivity contribution in [3.05, 3.63) is 41.6 Å². The van der Waals surface area contributed by atoms with Crippen molar-refractivity contribution in [2.75, 3.05) is 20.1 Å². The summed E-state index contributed by atoms with van der Waals surface area (Å²) in [6.07, 6.45) is 6.00. The Morgan fingerprint density at radius 2 is 2.07 bits per heavy atom. The van der Waals surface area contributed by atoms with Gasteiger partial charge in [-0.3, -0.25) is 19.4 Å². The molecule has 1 aliphatic carbocycles. The molecule has 2 heterocycles. The molecule has 1 aromatic heterocycles. The summed E-state index contributed by atoms with van der Waals surface area (Å²) in [6.45, 7) is 2.62. The van der Waals surface area contributed by atoms with E-state index < -0.39 is 23.5 Å². The number of aromatic nitrogens is 1. The van der Waals surface area contributed by atoms with E-state index in [1.807, 2.05) is 6.07 Å². The summed E-state index contributed by atoms with van der Waals surface area (Å²) in [4.78, 5) is 41.1. The average Bonchev–Trinajstić information content (AvgIpc) is 3.18. The van der Waals surface area contributed by atoms with E-state index >= 15 is 0 Å². The fourth-order valence-electron chi connectivity index (χ4n) is 4.81. The number of amides is 1. The Morgan fingerprint density at radius 3 is 2.79 bits per heavy atom. The summed E-state index contributed by atoms with van der Waals surface area (Å²) >= 11 is 0. The minimum absolute atomic E-state index is 0.0178. The molecule has 2 fully saturated rings. The molecule has 2 aliphatic rings. The van der Waals surface area contributed by atoms with Crippen LogP contribution in [0.1, 0.15) is 36.8 Å². The average molecular weight is 394 g/mol. The van der Waals surface area contributed by atoms with Gasteiger partial charge in [0, 0.05) is 30.6 Å². The normalized spacial score (nSPS) is 22.2. The summed E-state index contributed by atoms with van der Waals surface area (Å²) in [7, 11) is 1.46. The number of ketones is 2. The molecule has 1 aromatic carbocycles. The van der Waals surface area contributed by atoms with Crippen molar-refractivity contribution in [1.29, 1.82) is 0 Å². The Hall–Kier alpha value is -2.64. The fourth-order valence-corrected chi connectivity index (χ4v) is 4.81. The first-order valence-corrected chi connectivity index (χ1v) is 10.1. The maximum atomic E-state index is 12.3. The summed E-state index contributed by atoms with van der Waals surface area (Å²) < 4.78 is 0. The van der Waals surface area contributed by atoms with E-state index in [-0.39, 0.29) is 12.0 Å². The Kier molecular flexibility index (Phi) is 5.19. The molecule has 1 aliphatic heterocycles. The third-order valence-corrected chi connectivity index (χ3v) is 6.18. The lowest BCUT2D eigenvalue weighted by molar-refractivity contribution is -0.148. The number of likely N-dealkylation sites (N-methyl/N-ethyl adjacent to an activating group) is 1. The van der Waals surface area contributed by atoms with Crippen LogP contribution in [0, 0.1) is 6.92 Å². The second-order valence-corrected chi connectivity index (χ2v) is 8.19. The van der Waals surface area contributed by atoms with Crippen molar-refractivity contribution in [3.63, 3.8) is 0 Å². The Labute approximate surface area is 169 Å². The molecule has 1 saturated carbocycles. The second-order valence-electron chi connectivity index (χ2n) is 8.19. The maximum Gasteiger partial charge on any atom is 0.246 e. The van der Waals surface area contributed by atoms with Crippen LogP contribution >= 0.6 is 0 Å². The van der Waals surface area contributed by atoms with E-state index in [4.69, 9.17) is 0 Å². The molecule has 4 rings (SSSR count). The van der Waals surface area contributed by atoms with Crippen LogP contribution in [0.2, 0.25) is 0 Å². The van der Waals surface area contributed by atoms with Gasteiger partial charge in [-0.25, -0.2) is 10.4 Å². The van der Waals surface area contributed by atoms with Crippen molar-refractivity contribution >= 4 is 28.4 Å². The van der Waals surface area contributed by atoms with Crippen LogP contribution in [-0.4, -0.2) is 53.6 Å². The molecular formula is C22H26N4O3. The zero-order chi connectivity index (χ0) is 20.6. The number of Topliss-reactive ketones (excluding diaryl/α,β-unsaturated/α-hetero) is 2. The summed E-state index contributed by atoms with van der Waals surface area (Å²) in [5, 5.41) is 5.35. The molecule has 1 unspecified atom stereocenters. The number of carbonyl (C=O) groups excluding carboxylic acids is 3. The van der Waals surface area contributed by atoms with Crippen LogP contribution in [0.25, 0.3) is 10.9 Å². The van der Waals surface area contributed by atoms with Gasteiger partial charge in [0.1, 0.15) is 0 Å². The first-order chi connectivity index (χ1) is 13.9. The fraction of sp³-hybridized carbons (Fsp3) is 0.455. The van der Waals surface area contributed by atoms with Gasteiger partial charge in [-0.1, -0.05) is 25.0 Å². The molecule has 1 amide bonds. The molecule has 2 aromatic rings. The molecular weight excluding hydrogens is 368 g/mol. The van der Waals surface area contributed by atoms with E-state index in [0.29, 0.717) is 6.54 Å². The highest BCUT2D eigenvalue weighted by molar-refractivity contribution is 6.44. The monoisotopic (exact) mass is 394 g/mol. The number of nitrogens with one attached hydrogen (secondary N) is 2. The van der Waals surface area contributed by atoms with Crippen molar-refractivity contribution in [1.82, 2.24) is 20.7 Å². The molecule has 7 nitrogen and oxygen atoms in total. The predicted molar refractivity (Wildman–Crippen MR) is 109 cm³/mol. The topological polar surface area (TPSA) is 91.4 Å². The second kappa shape index (κ2) is 7.65. The first-order valence-electron chi connectivity index (χ1n) is 10.1. The molecule has 152 valence electrons. The minimum atomic E-state index is -1.16. The number of nitrogens with zero attached hydrogens (tertiary/aromatic N) is 2. The third-order valence-electron chi connectivity index (χ3n) is 6.18. The lowest BCUT2D eigenvalue weighted by Gasteiger charge is -2.39. The van der Waals surface area contributed by atoms with E-state index in [9.17, 15) is 14.4 Å². The van der Waals surface area contributed by atoms with E-state index in [1.165, 1.54) is 12.6 Å². The zero-order valence-electron chi connectivity index (χ0n) is 16.8. The van der Waals surface area contributed by atoms with Gasteiger partial charge in [0.2, 0.25) is 17.5 Å². The van der Waals surface area contributed by atoms with Crippen LogP contribution in [0.4, 0.5) is 0 Å². The predicted octanol–water partition coefficient (Wildman–Crippen LogP) is 1.43. The molecule has 1 atom stereocenters. The smallest absolute Gasteiger partial charge is 0.246 e. The van der Waals surface area contributed by atoms with Gasteiger partial charge in [-0.2, -0.15) is 0 Å². The van der Waals surface area contributed by atoms with Gasteiger partial charge in [-0.15, -0.1) is 0 Å². The SMILES string of the molecule is CNC(=O)C1NN(CC2(c3cc(C)cc4ncccc34)CCCC2)CC(=O)C1=O. The number of pyridine rings is 1. The van der Waals surface area contributed by atoms with Gasteiger partial charge in [-0.05, 0) is 43.0 Å². The minimum Gasteiger partial charge on any atom is -0.357 e. The number of carbonyl (C=O) groups is 3. The van der Waals surface area contributed by atoms with Gasteiger partial charge >= 0.3 is 0 Å². The van der Waals surface area contributed by atoms with E-state index in [0.717, 1.165) is 42.1 Å². The molecule has 1 saturated heterocycles. The van der Waals surface area contributed by atoms with Crippen LogP contribution in [0.15, 0.2) is 30.5 Å². The number of fused-ring (bicyclic) bond motifs is 1. The van der Waals surface area contributed by atoms with Crippen molar-refractivity contribution in [2.45, 2.75) is 44.1 Å². The van der Waals surface area contributed by atoms with Gasteiger partial charge in [0.05, 0.1) is 12.1 Å². The first kappa shape index (κ1) is 19.7. The van der Waals surface area contributed by atoms with Gasteiger partial charge < -0.3 is 5.32 Å². The molecule has 0 spiro atoms. The Bertz CT molecular complexity index is 981. The van der Waals surface area contributed by atoms with Crippen LogP contribution in [0.3, 0.4) is 0 Å². The lowest BCUT2D eigenvalue weighted by atomic mass is 9.76. The number of aryl methyl sites for hydroxylation is 1. The van der Waals surface area contributed by atoms with Crippen molar-refractivity contribution in [3.8, 4) is 0 Å². The molecule has 0 radical (unpaired) electrons. The Balaban J connectivity index is 1.71. The van der Waals surface area contributed by atoms with Gasteiger partial charge in [0.15, 0.2) is 6.04 Å². The van der Waals surface area contributed by atoms with Gasteiger partial charge in [0.25, 0.3) is 0 Å². The highest BCUT2D eigenvalue weighted by Crippen LogP contribution is 2.44. The lowest BCUT2D eigenvalue weighted by Crippen LogP contribution is -2.65. The molecule has 29 heavy (non-hydrogen) atoms. The van der Waals surface area contributed by atoms with E-state index in [2.05, 4.69) is 40.8 Å². The largest absolute Gasteiger partial charge is 0.357 e. The number of rotatable bonds is 4. The van der Waals surface area contributed by atoms with Crippen molar-refractivity contribution < 1.29 is 14.4 Å². The standard InChI is InChI=1S/C22H26N4O3/c1-14-10-16(15-6-5-9-24-17(15)11-14)22(7-3-4-8-22)13-26-12-18(27)20(28)19(25-26)21(29)23-2/h5-6,9-11,19,25H,3-4,7-8,12-13H2,1-2H3,(H,23,29). The summed E-state index contributed by atoms with van der Waals surface area (Å²) in [5.74, 6) is -1.69. The summed E-state index contributed by atoms with van der Waals surface area (Å²) in [6, 6.07) is 7.21. The molecule has 7 heteroatoms. The third kappa shape index (κ3) is 3.56. The number of hydrazine groups is 1. The van der Waals surface area contributed by atoms with E-state index in [1.54, 1.807) is 11.2 Å². The number of hydrogen-bond acceptors (Lipinski definition) is 6. The highest BCUT2D eigenvalue weighted by atomic mass is 16.2. The Morgan fingerprint density at radius 1 is 1.31 bits per heavy atom. The van der Waals surface area contributed by atoms with Crippen LogP contribution < -0.4 is 10.7 Å². The number of benzene rings is 1. The quantitative estimate of drug-likeness (QED) is 0.602. The summed E-state index contributed by atoms with van der Waals surface area (Å²) in [5.41, 5.74) is 6.20. The highest BCUT2D eigenvalue weighted by Gasteiger charge is 2.43. The molecule has 0 bridgehead atoms. The van der Waals surface area contributed by atoms with Crippen LogP contribution in [-0.2, 0) is 19.8 Å².